The number of sulfonamides is 1. The molecule has 0 saturated carbocycles. The van der Waals surface area contributed by atoms with Crippen LogP contribution in [0.2, 0.25) is 0 Å². The Balaban J connectivity index is 1.44. The molecule has 0 aromatic heterocycles. The van der Waals surface area contributed by atoms with E-state index in [0.717, 1.165) is 12.0 Å². The van der Waals surface area contributed by atoms with Crippen LogP contribution in [0.25, 0.3) is 4.91 Å². The normalized spacial score (nSPS) is 17.8. The lowest BCUT2D eigenvalue weighted by Gasteiger charge is -2.33. The summed E-state index contributed by atoms with van der Waals surface area (Å²) < 4.78 is 40.5. The van der Waals surface area contributed by atoms with Gasteiger partial charge in [0.15, 0.2) is 0 Å². The van der Waals surface area contributed by atoms with Gasteiger partial charge in [-0.05, 0) is 49.4 Å². The molecule has 4 rings (SSSR count). The fourth-order valence-electron chi connectivity index (χ4n) is 4.57. The quantitative estimate of drug-likeness (QED) is 0.646. The van der Waals surface area contributed by atoms with Gasteiger partial charge in [-0.1, -0.05) is 31.2 Å². The van der Waals surface area contributed by atoms with E-state index < -0.39 is 10.0 Å². The molecule has 2 heterocycles. The lowest BCUT2D eigenvalue weighted by molar-refractivity contribution is -0.121. The SMILES string of the molecule is CCc1ccc(C2=C(C)C(N3CCC(C(=O)Nc4ccc(OC)cc4OC)CC3)=NS2(=O)=O)cc1. The first-order valence-electron chi connectivity index (χ1n) is 11.7. The van der Waals surface area contributed by atoms with E-state index in [1.54, 1.807) is 39.3 Å². The first-order chi connectivity index (χ1) is 16.8. The lowest BCUT2D eigenvalue weighted by atomic mass is 9.95. The molecular formula is C26H31N3O5S. The Morgan fingerprint density at radius 3 is 2.37 bits per heavy atom. The van der Waals surface area contributed by atoms with Crippen molar-refractivity contribution in [3.05, 3.63) is 59.2 Å². The summed E-state index contributed by atoms with van der Waals surface area (Å²) in [5.41, 5.74) is 3.04. The van der Waals surface area contributed by atoms with Gasteiger partial charge >= 0.3 is 0 Å². The summed E-state index contributed by atoms with van der Waals surface area (Å²) in [6, 6.07) is 12.8. The van der Waals surface area contributed by atoms with Crippen LogP contribution in [0.3, 0.4) is 0 Å². The van der Waals surface area contributed by atoms with Crippen LogP contribution in [0.1, 0.15) is 37.8 Å². The summed E-state index contributed by atoms with van der Waals surface area (Å²) in [4.78, 5) is 15.2. The number of aryl methyl sites for hydroxylation is 1. The highest BCUT2D eigenvalue weighted by Gasteiger charge is 2.35. The summed E-state index contributed by atoms with van der Waals surface area (Å²) in [5, 5.41) is 2.95. The summed E-state index contributed by atoms with van der Waals surface area (Å²) in [5.74, 6) is 1.38. The minimum atomic E-state index is -3.77. The largest absolute Gasteiger partial charge is 0.497 e. The van der Waals surface area contributed by atoms with Gasteiger partial charge in [-0.25, -0.2) is 0 Å². The topological polar surface area (TPSA) is 97.3 Å². The third-order valence-electron chi connectivity index (χ3n) is 6.60. The number of carbonyl (C=O) groups excluding carboxylic acids is 1. The average Bonchev–Trinajstić information content (AvgIpc) is 3.12. The minimum absolute atomic E-state index is 0.0851. The van der Waals surface area contributed by atoms with Gasteiger partial charge < -0.3 is 19.7 Å². The Morgan fingerprint density at radius 2 is 1.77 bits per heavy atom. The number of carbonyl (C=O) groups is 1. The molecule has 186 valence electrons. The molecule has 9 heteroatoms. The molecule has 0 bridgehead atoms. The van der Waals surface area contributed by atoms with Crippen molar-refractivity contribution in [1.82, 2.24) is 4.90 Å². The number of anilines is 1. The molecule has 2 aromatic rings. The zero-order valence-electron chi connectivity index (χ0n) is 20.5. The number of nitrogens with zero attached hydrogens (tertiary/aromatic N) is 2. The molecule has 8 nitrogen and oxygen atoms in total. The van der Waals surface area contributed by atoms with E-state index in [0.29, 0.717) is 60.1 Å². The number of hydrogen-bond donors (Lipinski definition) is 1. The third-order valence-corrected chi connectivity index (χ3v) is 8.07. The maximum absolute atomic E-state index is 12.9. The molecule has 1 saturated heterocycles. The number of hydrogen-bond acceptors (Lipinski definition) is 6. The van der Waals surface area contributed by atoms with Crippen molar-refractivity contribution in [2.24, 2.45) is 10.3 Å². The molecule has 2 aromatic carbocycles. The number of ether oxygens (including phenoxy) is 2. The van der Waals surface area contributed by atoms with E-state index in [1.807, 2.05) is 29.2 Å². The highest BCUT2D eigenvalue weighted by atomic mass is 32.2. The number of benzene rings is 2. The zero-order chi connectivity index (χ0) is 25.2. The van der Waals surface area contributed by atoms with Gasteiger partial charge in [0.05, 0.1) is 19.9 Å². The van der Waals surface area contributed by atoms with Crippen molar-refractivity contribution >= 4 is 32.4 Å². The molecule has 0 spiro atoms. The second-order valence-electron chi connectivity index (χ2n) is 8.71. The van der Waals surface area contributed by atoms with E-state index in [9.17, 15) is 13.2 Å². The van der Waals surface area contributed by atoms with Crippen LogP contribution in [0.5, 0.6) is 11.5 Å². The van der Waals surface area contributed by atoms with Crippen LogP contribution in [0.15, 0.2) is 52.4 Å². The Kier molecular flexibility index (Phi) is 7.16. The number of amidine groups is 1. The summed E-state index contributed by atoms with van der Waals surface area (Å²) in [6.45, 7) is 4.96. The standard InChI is InChI=1S/C26H31N3O5S/c1-5-18-6-8-19(9-7-18)24-17(2)25(28-35(24,31)32)29-14-12-20(13-15-29)26(30)27-22-11-10-21(33-3)16-23(22)34-4/h6-11,16,20H,5,12-15H2,1-4H3,(H,27,30). The summed E-state index contributed by atoms with van der Waals surface area (Å²) in [7, 11) is -0.654. The minimum Gasteiger partial charge on any atom is -0.497 e. The van der Waals surface area contributed by atoms with Crippen molar-refractivity contribution in [1.29, 1.82) is 0 Å². The van der Waals surface area contributed by atoms with Gasteiger partial charge in [-0.2, -0.15) is 8.42 Å². The zero-order valence-corrected chi connectivity index (χ0v) is 21.3. The first kappa shape index (κ1) is 24.8. The van der Waals surface area contributed by atoms with Crippen molar-refractivity contribution in [2.75, 3.05) is 32.6 Å². The fraction of sp³-hybridized carbons (Fsp3) is 0.385. The second-order valence-corrected chi connectivity index (χ2v) is 10.3. The Bertz CT molecular complexity index is 1270. The van der Waals surface area contributed by atoms with E-state index in [-0.39, 0.29) is 16.7 Å². The second kappa shape index (κ2) is 10.1. The maximum atomic E-state index is 12.9. The fourth-order valence-corrected chi connectivity index (χ4v) is 6.05. The number of likely N-dealkylation sites (tertiary alicyclic amines) is 1. The van der Waals surface area contributed by atoms with E-state index in [1.165, 1.54) is 0 Å². The molecule has 1 fully saturated rings. The van der Waals surface area contributed by atoms with E-state index >= 15 is 0 Å². The highest BCUT2D eigenvalue weighted by Crippen LogP contribution is 2.35. The van der Waals surface area contributed by atoms with Crippen LogP contribution in [0.4, 0.5) is 5.69 Å². The smallest absolute Gasteiger partial charge is 0.285 e. The molecular weight excluding hydrogens is 466 g/mol. The Morgan fingerprint density at radius 1 is 1.09 bits per heavy atom. The molecule has 0 atom stereocenters. The van der Waals surface area contributed by atoms with Crippen LogP contribution >= 0.6 is 0 Å². The van der Waals surface area contributed by atoms with Gasteiger partial charge in [-0.3, -0.25) is 4.79 Å². The predicted molar refractivity (Wildman–Crippen MR) is 137 cm³/mol. The number of nitrogens with one attached hydrogen (secondary N) is 1. The molecule has 0 aliphatic carbocycles. The van der Waals surface area contributed by atoms with Crippen molar-refractivity contribution in [2.45, 2.75) is 33.1 Å². The van der Waals surface area contributed by atoms with Crippen LogP contribution in [-0.4, -0.2) is 52.4 Å². The number of piperidine rings is 1. The van der Waals surface area contributed by atoms with E-state index in [2.05, 4.69) is 16.6 Å². The average molecular weight is 498 g/mol. The van der Waals surface area contributed by atoms with Crippen molar-refractivity contribution in [3.8, 4) is 11.5 Å². The highest BCUT2D eigenvalue weighted by molar-refractivity contribution is 8.00. The van der Waals surface area contributed by atoms with Crippen LogP contribution in [-0.2, 0) is 21.2 Å². The lowest BCUT2D eigenvalue weighted by Crippen LogP contribution is -2.41. The summed E-state index contributed by atoms with van der Waals surface area (Å²) in [6.07, 6.45) is 2.08. The maximum Gasteiger partial charge on any atom is 0.285 e. The van der Waals surface area contributed by atoms with Crippen LogP contribution < -0.4 is 14.8 Å². The Labute approximate surface area is 206 Å². The number of rotatable bonds is 6. The van der Waals surface area contributed by atoms with Crippen LogP contribution in [0, 0.1) is 5.92 Å². The van der Waals surface area contributed by atoms with Gasteiger partial charge in [0, 0.05) is 30.6 Å². The molecule has 1 N–H and O–H groups in total. The van der Waals surface area contributed by atoms with Gasteiger partial charge in [0.1, 0.15) is 22.2 Å². The Hall–Kier alpha value is -3.33. The van der Waals surface area contributed by atoms with Gasteiger partial charge in [-0.15, -0.1) is 4.40 Å². The van der Waals surface area contributed by atoms with Gasteiger partial charge in [0.25, 0.3) is 10.0 Å². The molecule has 0 radical (unpaired) electrons. The monoisotopic (exact) mass is 497 g/mol. The van der Waals surface area contributed by atoms with Gasteiger partial charge in [0.2, 0.25) is 5.91 Å². The third kappa shape index (κ3) is 5.05. The number of methoxy groups -OCH3 is 2. The van der Waals surface area contributed by atoms with E-state index in [4.69, 9.17) is 9.47 Å². The molecule has 35 heavy (non-hydrogen) atoms. The molecule has 2 aliphatic rings. The van der Waals surface area contributed by atoms with Crippen molar-refractivity contribution in [3.63, 3.8) is 0 Å². The van der Waals surface area contributed by atoms with Crippen molar-refractivity contribution < 1.29 is 22.7 Å². The number of amides is 1. The molecule has 0 unspecified atom stereocenters. The predicted octanol–water partition coefficient (Wildman–Crippen LogP) is 4.09. The summed E-state index contributed by atoms with van der Waals surface area (Å²) >= 11 is 0. The first-order valence-corrected chi connectivity index (χ1v) is 13.1. The molecule has 2 aliphatic heterocycles. The molecule has 1 amide bonds.